The fraction of sp³-hybridized carbons (Fsp3) is 0.875. The van der Waals surface area contributed by atoms with Crippen LogP contribution in [0.1, 0.15) is 38.5 Å². The van der Waals surface area contributed by atoms with Gasteiger partial charge in [-0.3, -0.25) is 14.5 Å². The maximum Gasteiger partial charge on any atom is 0.242 e. The van der Waals surface area contributed by atoms with Crippen LogP contribution >= 0.6 is 24.8 Å². The second-order valence-electron chi connectivity index (χ2n) is 7.02. The molecule has 2 N–H and O–H groups in total. The van der Waals surface area contributed by atoms with Crippen molar-refractivity contribution in [2.45, 2.75) is 44.1 Å². The quantitative estimate of drug-likeness (QED) is 0.788. The number of carbonyl (C=O) groups excluding carboxylic acids is 2. The number of nitrogens with zero attached hydrogens (tertiary/aromatic N) is 3. The average molecular weight is 381 g/mol. The third kappa shape index (κ3) is 4.75. The highest BCUT2D eigenvalue weighted by Gasteiger charge is 2.40. The highest BCUT2D eigenvalue weighted by atomic mass is 35.5. The van der Waals surface area contributed by atoms with Gasteiger partial charge in [-0.2, -0.15) is 0 Å². The van der Waals surface area contributed by atoms with Crippen LogP contribution in [0.2, 0.25) is 0 Å². The predicted octanol–water partition coefficient (Wildman–Crippen LogP) is 0.868. The number of halogens is 2. The van der Waals surface area contributed by atoms with Crippen molar-refractivity contribution in [3.63, 3.8) is 0 Å². The van der Waals surface area contributed by atoms with Gasteiger partial charge < -0.3 is 15.5 Å². The fourth-order valence-corrected chi connectivity index (χ4v) is 3.93. The summed E-state index contributed by atoms with van der Waals surface area (Å²) in [7, 11) is 0. The van der Waals surface area contributed by atoms with E-state index < -0.39 is 5.54 Å². The number of carbonyl (C=O) groups is 2. The smallest absolute Gasteiger partial charge is 0.242 e. The molecule has 3 fully saturated rings. The lowest BCUT2D eigenvalue weighted by Gasteiger charge is -2.38. The molecule has 0 unspecified atom stereocenters. The Morgan fingerprint density at radius 2 is 1.29 bits per heavy atom. The van der Waals surface area contributed by atoms with Crippen molar-refractivity contribution in [3.05, 3.63) is 0 Å². The predicted molar refractivity (Wildman–Crippen MR) is 98.7 cm³/mol. The lowest BCUT2D eigenvalue weighted by molar-refractivity contribution is -0.143. The largest absolute Gasteiger partial charge is 0.338 e. The zero-order valence-corrected chi connectivity index (χ0v) is 15.9. The summed E-state index contributed by atoms with van der Waals surface area (Å²) in [5.41, 5.74) is 5.62. The summed E-state index contributed by atoms with van der Waals surface area (Å²) in [6, 6.07) is 0. The maximum absolute atomic E-state index is 12.6. The second-order valence-corrected chi connectivity index (χ2v) is 7.02. The number of nitrogens with two attached hydrogens (primary N) is 1. The zero-order valence-electron chi connectivity index (χ0n) is 14.2. The van der Waals surface area contributed by atoms with Crippen LogP contribution in [-0.4, -0.2) is 77.9 Å². The molecule has 0 spiro atoms. The van der Waals surface area contributed by atoms with Crippen LogP contribution in [0.25, 0.3) is 0 Å². The first kappa shape index (κ1) is 21.5. The Morgan fingerprint density at radius 1 is 0.792 bits per heavy atom. The summed E-state index contributed by atoms with van der Waals surface area (Å²) in [5, 5.41) is 0. The Hall–Kier alpha value is -0.560. The number of amides is 2. The van der Waals surface area contributed by atoms with Gasteiger partial charge in [-0.25, -0.2) is 0 Å². The zero-order chi connectivity index (χ0) is 15.6. The lowest BCUT2D eigenvalue weighted by Crippen LogP contribution is -2.59. The standard InChI is InChI=1S/C16H28N4O2.2ClH/c17-16(5-1-2-6-16)15(22)20-11-9-19(10-12-20)14(21)13-18-7-3-4-8-18;;/h1-13,17H2;2*1H. The van der Waals surface area contributed by atoms with Crippen LogP contribution in [0, 0.1) is 0 Å². The first-order valence-corrected chi connectivity index (χ1v) is 8.67. The van der Waals surface area contributed by atoms with Gasteiger partial charge in [0.2, 0.25) is 11.8 Å². The van der Waals surface area contributed by atoms with Gasteiger partial charge in [-0.05, 0) is 38.8 Å². The summed E-state index contributed by atoms with van der Waals surface area (Å²) >= 11 is 0. The van der Waals surface area contributed by atoms with E-state index >= 15 is 0 Å². The van der Waals surface area contributed by atoms with Gasteiger partial charge in [0.05, 0.1) is 12.1 Å². The molecule has 2 aliphatic heterocycles. The molecule has 2 heterocycles. The van der Waals surface area contributed by atoms with Gasteiger partial charge >= 0.3 is 0 Å². The SMILES string of the molecule is Cl.Cl.NC1(C(=O)N2CCN(C(=O)CN3CCCC3)CC2)CCCC1. The highest BCUT2D eigenvalue weighted by Crippen LogP contribution is 2.29. The number of hydrogen-bond acceptors (Lipinski definition) is 4. The van der Waals surface area contributed by atoms with Crippen molar-refractivity contribution in [1.29, 1.82) is 0 Å². The molecule has 3 aliphatic rings. The van der Waals surface area contributed by atoms with E-state index in [1.807, 2.05) is 9.80 Å². The van der Waals surface area contributed by atoms with E-state index in [0.29, 0.717) is 32.7 Å². The number of rotatable bonds is 3. The molecule has 6 nitrogen and oxygen atoms in total. The Kier molecular flexibility index (Phi) is 8.26. The van der Waals surface area contributed by atoms with Gasteiger partial charge in [-0.15, -0.1) is 24.8 Å². The average Bonchev–Trinajstić information content (AvgIpc) is 3.19. The molecule has 3 rings (SSSR count). The summed E-state index contributed by atoms with van der Waals surface area (Å²) in [5.74, 6) is 0.300. The van der Waals surface area contributed by atoms with Gasteiger partial charge in [0.1, 0.15) is 0 Å². The summed E-state index contributed by atoms with van der Waals surface area (Å²) < 4.78 is 0. The van der Waals surface area contributed by atoms with Crippen LogP contribution in [-0.2, 0) is 9.59 Å². The summed E-state index contributed by atoms with van der Waals surface area (Å²) in [6.07, 6.45) is 6.12. The molecule has 1 saturated carbocycles. The number of piperazine rings is 1. The molecule has 0 bridgehead atoms. The van der Waals surface area contributed by atoms with Crippen LogP contribution in [0.15, 0.2) is 0 Å². The molecule has 0 aromatic heterocycles. The van der Waals surface area contributed by atoms with Gasteiger partial charge in [0.25, 0.3) is 0 Å². The van der Waals surface area contributed by atoms with Crippen molar-refractivity contribution < 1.29 is 9.59 Å². The first-order chi connectivity index (χ1) is 10.6. The highest BCUT2D eigenvalue weighted by molar-refractivity contribution is 5.87. The van der Waals surface area contributed by atoms with Crippen molar-refractivity contribution >= 4 is 36.6 Å². The van der Waals surface area contributed by atoms with Crippen molar-refractivity contribution in [2.75, 3.05) is 45.8 Å². The Balaban J connectivity index is 0.00000144. The molecule has 0 aromatic carbocycles. The van der Waals surface area contributed by atoms with E-state index in [9.17, 15) is 9.59 Å². The molecule has 1 aliphatic carbocycles. The number of likely N-dealkylation sites (tertiary alicyclic amines) is 1. The third-order valence-electron chi connectivity index (χ3n) is 5.40. The van der Waals surface area contributed by atoms with E-state index in [0.717, 1.165) is 38.8 Å². The Morgan fingerprint density at radius 3 is 1.83 bits per heavy atom. The third-order valence-corrected chi connectivity index (χ3v) is 5.40. The summed E-state index contributed by atoms with van der Waals surface area (Å²) in [6.45, 7) is 5.17. The van der Waals surface area contributed by atoms with Gasteiger partial charge in [0.15, 0.2) is 0 Å². The van der Waals surface area contributed by atoms with Gasteiger partial charge in [-0.1, -0.05) is 12.8 Å². The van der Waals surface area contributed by atoms with E-state index in [4.69, 9.17) is 5.73 Å². The molecular formula is C16H30Cl2N4O2. The molecular weight excluding hydrogens is 351 g/mol. The molecule has 0 radical (unpaired) electrons. The molecule has 8 heteroatoms. The molecule has 2 saturated heterocycles. The first-order valence-electron chi connectivity index (χ1n) is 8.67. The van der Waals surface area contributed by atoms with E-state index in [2.05, 4.69) is 4.90 Å². The molecule has 140 valence electrons. The molecule has 0 atom stereocenters. The van der Waals surface area contributed by atoms with Gasteiger partial charge in [0, 0.05) is 26.2 Å². The maximum atomic E-state index is 12.6. The van der Waals surface area contributed by atoms with E-state index in [-0.39, 0.29) is 36.6 Å². The van der Waals surface area contributed by atoms with Crippen LogP contribution in [0.4, 0.5) is 0 Å². The minimum Gasteiger partial charge on any atom is -0.338 e. The molecule has 24 heavy (non-hydrogen) atoms. The summed E-state index contributed by atoms with van der Waals surface area (Å²) in [4.78, 5) is 30.9. The van der Waals surface area contributed by atoms with Crippen molar-refractivity contribution in [1.82, 2.24) is 14.7 Å². The topological polar surface area (TPSA) is 69.9 Å². The minimum atomic E-state index is -0.637. The Bertz CT molecular complexity index is 430. The number of hydrogen-bond donors (Lipinski definition) is 1. The van der Waals surface area contributed by atoms with Crippen LogP contribution in [0.5, 0.6) is 0 Å². The molecule has 0 aromatic rings. The van der Waals surface area contributed by atoms with Crippen LogP contribution in [0.3, 0.4) is 0 Å². The lowest BCUT2D eigenvalue weighted by atomic mass is 9.97. The normalized spacial score (nSPS) is 23.5. The van der Waals surface area contributed by atoms with E-state index in [1.54, 1.807) is 0 Å². The van der Waals surface area contributed by atoms with E-state index in [1.165, 1.54) is 12.8 Å². The minimum absolute atomic E-state index is 0. The monoisotopic (exact) mass is 380 g/mol. The van der Waals surface area contributed by atoms with Crippen molar-refractivity contribution in [3.8, 4) is 0 Å². The second kappa shape index (κ2) is 9.22. The fourth-order valence-electron chi connectivity index (χ4n) is 3.93. The van der Waals surface area contributed by atoms with Crippen molar-refractivity contribution in [2.24, 2.45) is 5.73 Å². The Labute approximate surface area is 156 Å². The molecule has 2 amide bonds. The van der Waals surface area contributed by atoms with Crippen LogP contribution < -0.4 is 5.73 Å².